The second kappa shape index (κ2) is 8.47. The summed E-state index contributed by atoms with van der Waals surface area (Å²) in [6, 6.07) is 16.9. The van der Waals surface area contributed by atoms with Crippen molar-refractivity contribution in [3.63, 3.8) is 0 Å². The first-order valence-electron chi connectivity index (χ1n) is 8.93. The third kappa shape index (κ3) is 5.18. The van der Waals surface area contributed by atoms with Crippen LogP contribution in [0.25, 0.3) is 0 Å². The Morgan fingerprint density at radius 1 is 0.960 bits per heavy atom. The molecule has 1 fully saturated rings. The molecule has 0 radical (unpaired) electrons. The second-order valence-corrected chi connectivity index (χ2v) is 6.65. The zero-order valence-corrected chi connectivity index (χ0v) is 14.3. The molecule has 130 valence electrons. The van der Waals surface area contributed by atoms with Gasteiger partial charge in [0, 0.05) is 24.2 Å². The molecule has 0 saturated heterocycles. The molecular weight excluding hydrogens is 312 g/mol. The van der Waals surface area contributed by atoms with Gasteiger partial charge in [-0.25, -0.2) is 0 Å². The number of amides is 2. The molecule has 0 aliphatic heterocycles. The lowest BCUT2D eigenvalue weighted by atomic mass is 10.0. The maximum atomic E-state index is 12.3. The lowest BCUT2D eigenvalue weighted by Crippen LogP contribution is -2.23. The number of benzene rings is 2. The van der Waals surface area contributed by atoms with Crippen LogP contribution in [-0.2, 0) is 11.3 Å². The smallest absolute Gasteiger partial charge is 0.251 e. The summed E-state index contributed by atoms with van der Waals surface area (Å²) in [6.07, 6.45) is 5.33. The van der Waals surface area contributed by atoms with Crippen molar-refractivity contribution >= 4 is 17.5 Å². The van der Waals surface area contributed by atoms with Crippen molar-refractivity contribution in [3.8, 4) is 0 Å². The number of rotatable bonds is 6. The molecule has 1 saturated carbocycles. The minimum absolute atomic E-state index is 0.0359. The molecule has 2 N–H and O–H groups in total. The van der Waals surface area contributed by atoms with Crippen LogP contribution in [-0.4, -0.2) is 11.8 Å². The van der Waals surface area contributed by atoms with E-state index in [0.717, 1.165) is 18.4 Å². The zero-order chi connectivity index (χ0) is 17.5. The third-order valence-corrected chi connectivity index (χ3v) is 4.65. The molecule has 0 aromatic heterocycles. The van der Waals surface area contributed by atoms with Crippen LogP contribution in [0.3, 0.4) is 0 Å². The van der Waals surface area contributed by atoms with E-state index in [4.69, 9.17) is 0 Å². The maximum absolute atomic E-state index is 12.3. The zero-order valence-electron chi connectivity index (χ0n) is 14.3. The number of nitrogens with one attached hydrogen (secondary N) is 2. The van der Waals surface area contributed by atoms with Crippen LogP contribution in [0, 0.1) is 5.92 Å². The highest BCUT2D eigenvalue weighted by atomic mass is 16.2. The van der Waals surface area contributed by atoms with E-state index >= 15 is 0 Å². The topological polar surface area (TPSA) is 58.2 Å². The van der Waals surface area contributed by atoms with Crippen LogP contribution < -0.4 is 10.6 Å². The van der Waals surface area contributed by atoms with E-state index in [9.17, 15) is 9.59 Å². The molecule has 0 heterocycles. The van der Waals surface area contributed by atoms with Gasteiger partial charge in [0.15, 0.2) is 0 Å². The minimum Gasteiger partial charge on any atom is -0.348 e. The quantitative estimate of drug-likeness (QED) is 0.833. The first-order valence-corrected chi connectivity index (χ1v) is 8.93. The van der Waals surface area contributed by atoms with Crippen molar-refractivity contribution in [2.75, 3.05) is 5.32 Å². The highest BCUT2D eigenvalue weighted by Gasteiger charge is 2.18. The summed E-state index contributed by atoms with van der Waals surface area (Å²) >= 11 is 0. The number of carbonyl (C=O) groups excluding carboxylic acids is 2. The average molecular weight is 336 g/mol. The van der Waals surface area contributed by atoms with Crippen molar-refractivity contribution in [3.05, 3.63) is 65.7 Å². The second-order valence-electron chi connectivity index (χ2n) is 6.65. The first-order chi connectivity index (χ1) is 12.2. The van der Waals surface area contributed by atoms with Crippen molar-refractivity contribution in [2.45, 2.75) is 38.6 Å². The van der Waals surface area contributed by atoms with Gasteiger partial charge in [0.2, 0.25) is 5.91 Å². The fourth-order valence-corrected chi connectivity index (χ4v) is 3.31. The van der Waals surface area contributed by atoms with Gasteiger partial charge in [0.1, 0.15) is 0 Å². The number of anilines is 1. The van der Waals surface area contributed by atoms with Crippen LogP contribution in [0.5, 0.6) is 0 Å². The molecule has 2 aromatic rings. The molecule has 0 bridgehead atoms. The summed E-state index contributed by atoms with van der Waals surface area (Å²) in [5.74, 6) is 0.404. The van der Waals surface area contributed by atoms with Gasteiger partial charge in [-0.15, -0.1) is 0 Å². The van der Waals surface area contributed by atoms with Gasteiger partial charge >= 0.3 is 0 Å². The van der Waals surface area contributed by atoms with Gasteiger partial charge in [-0.1, -0.05) is 49.2 Å². The molecule has 3 rings (SSSR count). The Balaban J connectivity index is 1.54. The molecule has 4 heteroatoms. The summed E-state index contributed by atoms with van der Waals surface area (Å²) < 4.78 is 0. The standard InChI is InChI=1S/C21H24N2O2/c24-20(13-16-7-4-5-8-16)23-19-12-6-11-18(14-19)21(25)22-15-17-9-2-1-3-10-17/h1-3,6,9-12,14,16H,4-5,7-8,13,15H2,(H,22,25)(H,23,24). The molecule has 1 aliphatic rings. The first kappa shape index (κ1) is 17.2. The summed E-state index contributed by atoms with van der Waals surface area (Å²) in [5, 5.41) is 5.82. The van der Waals surface area contributed by atoms with E-state index in [0.29, 0.717) is 30.1 Å². The van der Waals surface area contributed by atoms with Gasteiger partial charge in [0.25, 0.3) is 5.91 Å². The molecule has 2 amide bonds. The van der Waals surface area contributed by atoms with Crippen molar-refractivity contribution < 1.29 is 9.59 Å². The lowest BCUT2D eigenvalue weighted by Gasteiger charge is -2.11. The number of hydrogen-bond donors (Lipinski definition) is 2. The Labute approximate surface area is 148 Å². The summed E-state index contributed by atoms with van der Waals surface area (Å²) in [5.41, 5.74) is 2.28. The number of hydrogen-bond acceptors (Lipinski definition) is 2. The molecule has 0 unspecified atom stereocenters. The number of carbonyl (C=O) groups is 2. The van der Waals surface area contributed by atoms with Crippen LogP contribution in [0.2, 0.25) is 0 Å². The third-order valence-electron chi connectivity index (χ3n) is 4.65. The van der Waals surface area contributed by atoms with Gasteiger partial charge in [-0.3, -0.25) is 9.59 Å². The van der Waals surface area contributed by atoms with Crippen LogP contribution >= 0.6 is 0 Å². The van der Waals surface area contributed by atoms with Crippen LogP contribution in [0.15, 0.2) is 54.6 Å². The Morgan fingerprint density at radius 2 is 1.72 bits per heavy atom. The summed E-state index contributed by atoms with van der Waals surface area (Å²) in [6.45, 7) is 0.484. The molecule has 4 nitrogen and oxygen atoms in total. The summed E-state index contributed by atoms with van der Waals surface area (Å²) in [7, 11) is 0. The Kier molecular flexibility index (Phi) is 5.83. The Morgan fingerprint density at radius 3 is 2.48 bits per heavy atom. The monoisotopic (exact) mass is 336 g/mol. The van der Waals surface area contributed by atoms with Gasteiger partial charge in [-0.05, 0) is 42.5 Å². The molecule has 0 atom stereocenters. The lowest BCUT2D eigenvalue weighted by molar-refractivity contribution is -0.117. The van der Waals surface area contributed by atoms with E-state index in [2.05, 4.69) is 10.6 Å². The van der Waals surface area contributed by atoms with E-state index < -0.39 is 0 Å². The van der Waals surface area contributed by atoms with Gasteiger partial charge in [0.05, 0.1) is 0 Å². The highest BCUT2D eigenvalue weighted by Crippen LogP contribution is 2.27. The maximum Gasteiger partial charge on any atom is 0.251 e. The van der Waals surface area contributed by atoms with Crippen molar-refractivity contribution in [1.82, 2.24) is 5.32 Å². The SMILES string of the molecule is O=C(CC1CCCC1)Nc1cccc(C(=O)NCc2ccccc2)c1. The largest absolute Gasteiger partial charge is 0.348 e. The fraction of sp³-hybridized carbons (Fsp3) is 0.333. The molecule has 2 aromatic carbocycles. The Bertz CT molecular complexity index is 722. The molecule has 1 aliphatic carbocycles. The van der Waals surface area contributed by atoms with Gasteiger partial charge < -0.3 is 10.6 Å². The predicted molar refractivity (Wildman–Crippen MR) is 99.3 cm³/mol. The van der Waals surface area contributed by atoms with E-state index in [1.54, 1.807) is 18.2 Å². The minimum atomic E-state index is -0.143. The van der Waals surface area contributed by atoms with Crippen LogP contribution in [0.1, 0.15) is 48.0 Å². The van der Waals surface area contributed by atoms with Crippen LogP contribution in [0.4, 0.5) is 5.69 Å². The van der Waals surface area contributed by atoms with E-state index in [1.165, 1.54) is 12.8 Å². The molecule has 0 spiro atoms. The van der Waals surface area contributed by atoms with Crippen molar-refractivity contribution in [2.24, 2.45) is 5.92 Å². The van der Waals surface area contributed by atoms with Gasteiger partial charge in [-0.2, -0.15) is 0 Å². The Hall–Kier alpha value is -2.62. The van der Waals surface area contributed by atoms with E-state index in [-0.39, 0.29) is 11.8 Å². The fourth-order valence-electron chi connectivity index (χ4n) is 3.31. The average Bonchev–Trinajstić information content (AvgIpc) is 3.13. The molecular formula is C21H24N2O2. The van der Waals surface area contributed by atoms with E-state index in [1.807, 2.05) is 36.4 Å². The highest BCUT2D eigenvalue weighted by molar-refractivity contribution is 5.97. The van der Waals surface area contributed by atoms with Crippen molar-refractivity contribution in [1.29, 1.82) is 0 Å². The summed E-state index contributed by atoms with van der Waals surface area (Å²) in [4.78, 5) is 24.5. The predicted octanol–water partition coefficient (Wildman–Crippen LogP) is 4.14. The normalized spacial score (nSPS) is 14.2. The molecule has 25 heavy (non-hydrogen) atoms.